The molecule has 1 heterocycles. The van der Waals surface area contributed by atoms with Gasteiger partial charge >= 0.3 is 0 Å². The first-order valence-electron chi connectivity index (χ1n) is 7.22. The lowest BCUT2D eigenvalue weighted by Crippen LogP contribution is -2.26. The van der Waals surface area contributed by atoms with E-state index in [2.05, 4.69) is 10.5 Å². The van der Waals surface area contributed by atoms with Crippen LogP contribution in [0.3, 0.4) is 0 Å². The van der Waals surface area contributed by atoms with E-state index in [-0.39, 0.29) is 17.6 Å². The van der Waals surface area contributed by atoms with Gasteiger partial charge in [0.15, 0.2) is 11.5 Å². The molecule has 5 heteroatoms. The molecule has 0 spiro atoms. The van der Waals surface area contributed by atoms with Crippen molar-refractivity contribution in [1.82, 2.24) is 10.5 Å². The van der Waals surface area contributed by atoms with E-state index < -0.39 is 0 Å². The van der Waals surface area contributed by atoms with E-state index in [0.717, 1.165) is 11.1 Å². The summed E-state index contributed by atoms with van der Waals surface area (Å²) < 4.78 is 5.24. The lowest BCUT2D eigenvalue weighted by Gasteiger charge is -2.12. The third kappa shape index (κ3) is 3.60. The minimum atomic E-state index is -0.279. The van der Waals surface area contributed by atoms with Crippen LogP contribution in [0.1, 0.15) is 29.0 Å². The Hall–Kier alpha value is -2.59. The molecule has 0 fully saturated rings. The Morgan fingerprint density at radius 3 is 2.65 bits per heavy atom. The van der Waals surface area contributed by atoms with E-state index in [1.807, 2.05) is 49.4 Å². The van der Waals surface area contributed by atoms with E-state index in [1.165, 1.54) is 0 Å². The monoisotopic (exact) mass is 326 g/mol. The number of rotatable bonds is 4. The van der Waals surface area contributed by atoms with Gasteiger partial charge in [-0.15, -0.1) is 0 Å². The van der Waals surface area contributed by atoms with Crippen LogP contribution in [0.25, 0.3) is 11.3 Å². The molecule has 0 radical (unpaired) electrons. The zero-order valence-corrected chi connectivity index (χ0v) is 13.2. The Morgan fingerprint density at radius 1 is 1.13 bits per heavy atom. The summed E-state index contributed by atoms with van der Waals surface area (Å²) in [5.41, 5.74) is 2.04. The minimum Gasteiger partial charge on any atom is -0.355 e. The fourth-order valence-electron chi connectivity index (χ4n) is 2.26. The van der Waals surface area contributed by atoms with E-state index >= 15 is 0 Å². The molecule has 2 aromatic carbocycles. The Labute approximate surface area is 139 Å². The lowest BCUT2D eigenvalue weighted by atomic mass is 10.1. The summed E-state index contributed by atoms with van der Waals surface area (Å²) in [6.45, 7) is 1.92. The van der Waals surface area contributed by atoms with Crippen LogP contribution in [-0.2, 0) is 0 Å². The first kappa shape index (κ1) is 15.3. The maximum Gasteiger partial charge on any atom is 0.273 e. The van der Waals surface area contributed by atoms with E-state index in [9.17, 15) is 4.79 Å². The van der Waals surface area contributed by atoms with Crippen LogP contribution in [-0.4, -0.2) is 11.1 Å². The van der Waals surface area contributed by atoms with Gasteiger partial charge in [-0.2, -0.15) is 0 Å². The summed E-state index contributed by atoms with van der Waals surface area (Å²) in [6.07, 6.45) is 0. The van der Waals surface area contributed by atoms with Gasteiger partial charge in [0, 0.05) is 16.7 Å². The van der Waals surface area contributed by atoms with Crippen molar-refractivity contribution in [3.8, 4) is 11.3 Å². The Bertz CT molecular complexity index is 815. The van der Waals surface area contributed by atoms with Crippen LogP contribution in [0.5, 0.6) is 0 Å². The molecule has 3 aromatic rings. The molecule has 4 nitrogen and oxygen atoms in total. The minimum absolute atomic E-state index is 0.116. The number of amides is 1. The highest BCUT2D eigenvalue weighted by atomic mass is 35.5. The number of hydrogen-bond acceptors (Lipinski definition) is 3. The summed E-state index contributed by atoms with van der Waals surface area (Å²) >= 11 is 5.96. The van der Waals surface area contributed by atoms with Gasteiger partial charge in [0.1, 0.15) is 0 Å². The van der Waals surface area contributed by atoms with Gasteiger partial charge in [0.25, 0.3) is 5.91 Å². The van der Waals surface area contributed by atoms with Crippen LogP contribution in [0.15, 0.2) is 65.2 Å². The SMILES string of the molecule is C[C@H](NC(=O)c1cc(-c2cccc(Cl)c2)on1)c1ccccc1. The molecule has 0 aliphatic carbocycles. The molecule has 116 valence electrons. The van der Waals surface area contributed by atoms with Crippen LogP contribution < -0.4 is 5.32 Å². The first-order valence-corrected chi connectivity index (χ1v) is 7.60. The van der Waals surface area contributed by atoms with Gasteiger partial charge in [-0.25, -0.2) is 0 Å². The molecule has 0 aliphatic rings. The molecule has 1 aromatic heterocycles. The summed E-state index contributed by atoms with van der Waals surface area (Å²) in [5.74, 6) is 0.225. The third-order valence-electron chi connectivity index (χ3n) is 3.50. The topological polar surface area (TPSA) is 55.1 Å². The second-order valence-corrected chi connectivity index (χ2v) is 5.63. The van der Waals surface area contributed by atoms with Crippen molar-refractivity contribution in [2.45, 2.75) is 13.0 Å². The summed E-state index contributed by atoms with van der Waals surface area (Å²) in [4.78, 5) is 12.3. The van der Waals surface area contributed by atoms with Gasteiger partial charge in [-0.3, -0.25) is 4.79 Å². The Kier molecular flexibility index (Phi) is 4.44. The third-order valence-corrected chi connectivity index (χ3v) is 3.73. The normalized spacial score (nSPS) is 11.9. The standard InChI is InChI=1S/C18H15ClN2O2/c1-12(13-6-3-2-4-7-13)20-18(22)16-11-17(23-21-16)14-8-5-9-15(19)10-14/h2-12H,1H3,(H,20,22)/t12-/m0/s1. The summed E-state index contributed by atoms with van der Waals surface area (Å²) in [5, 5.41) is 7.34. The van der Waals surface area contributed by atoms with Crippen LogP contribution in [0.2, 0.25) is 5.02 Å². The highest BCUT2D eigenvalue weighted by Gasteiger charge is 2.16. The van der Waals surface area contributed by atoms with Crippen molar-refractivity contribution in [1.29, 1.82) is 0 Å². The van der Waals surface area contributed by atoms with E-state index in [1.54, 1.807) is 18.2 Å². The predicted molar refractivity (Wildman–Crippen MR) is 89.3 cm³/mol. The molecule has 1 amide bonds. The van der Waals surface area contributed by atoms with Gasteiger partial charge in [-0.05, 0) is 24.6 Å². The second kappa shape index (κ2) is 6.67. The molecular weight excluding hydrogens is 312 g/mol. The molecule has 1 N–H and O–H groups in total. The average molecular weight is 327 g/mol. The van der Waals surface area contributed by atoms with E-state index in [0.29, 0.717) is 10.8 Å². The number of benzene rings is 2. The number of hydrogen-bond donors (Lipinski definition) is 1. The van der Waals surface area contributed by atoms with Crippen molar-refractivity contribution < 1.29 is 9.32 Å². The van der Waals surface area contributed by atoms with E-state index in [4.69, 9.17) is 16.1 Å². The number of halogens is 1. The quantitative estimate of drug-likeness (QED) is 0.768. The number of carbonyl (C=O) groups excluding carboxylic acids is 1. The maximum atomic E-state index is 12.3. The van der Waals surface area contributed by atoms with Gasteiger partial charge in [0.05, 0.1) is 6.04 Å². The fraction of sp³-hybridized carbons (Fsp3) is 0.111. The zero-order valence-electron chi connectivity index (χ0n) is 12.5. The second-order valence-electron chi connectivity index (χ2n) is 5.19. The average Bonchev–Trinajstić information content (AvgIpc) is 3.06. The van der Waals surface area contributed by atoms with Crippen molar-refractivity contribution >= 4 is 17.5 Å². The molecule has 23 heavy (non-hydrogen) atoms. The molecule has 1 atom stereocenters. The number of aromatic nitrogens is 1. The zero-order chi connectivity index (χ0) is 16.2. The molecule has 0 aliphatic heterocycles. The molecule has 0 saturated carbocycles. The van der Waals surface area contributed by atoms with Crippen molar-refractivity contribution in [3.05, 3.63) is 76.9 Å². The maximum absolute atomic E-state index is 12.3. The van der Waals surface area contributed by atoms with Crippen molar-refractivity contribution in [3.63, 3.8) is 0 Å². The molecule has 0 unspecified atom stereocenters. The van der Waals surface area contributed by atoms with Crippen molar-refractivity contribution in [2.24, 2.45) is 0 Å². The summed E-state index contributed by atoms with van der Waals surface area (Å²) in [6, 6.07) is 18.4. The smallest absolute Gasteiger partial charge is 0.273 e. The highest BCUT2D eigenvalue weighted by Crippen LogP contribution is 2.23. The number of carbonyl (C=O) groups is 1. The molecule has 3 rings (SSSR count). The highest BCUT2D eigenvalue weighted by molar-refractivity contribution is 6.30. The first-order chi connectivity index (χ1) is 11.1. The Balaban J connectivity index is 1.74. The molecule has 0 saturated heterocycles. The fourth-order valence-corrected chi connectivity index (χ4v) is 2.45. The molecular formula is C18H15ClN2O2. The van der Waals surface area contributed by atoms with Crippen LogP contribution in [0.4, 0.5) is 0 Å². The number of nitrogens with zero attached hydrogens (tertiary/aromatic N) is 1. The molecule has 0 bridgehead atoms. The van der Waals surface area contributed by atoms with Crippen LogP contribution in [0, 0.1) is 0 Å². The Morgan fingerprint density at radius 2 is 1.91 bits per heavy atom. The lowest BCUT2D eigenvalue weighted by molar-refractivity contribution is 0.0931. The predicted octanol–water partition coefficient (Wildman–Crippen LogP) is 4.49. The largest absolute Gasteiger partial charge is 0.355 e. The van der Waals surface area contributed by atoms with Gasteiger partial charge in [0.2, 0.25) is 0 Å². The van der Waals surface area contributed by atoms with Crippen molar-refractivity contribution in [2.75, 3.05) is 0 Å². The number of nitrogens with one attached hydrogen (secondary N) is 1. The van der Waals surface area contributed by atoms with Gasteiger partial charge in [-0.1, -0.05) is 59.2 Å². The van der Waals surface area contributed by atoms with Gasteiger partial charge < -0.3 is 9.84 Å². The summed E-state index contributed by atoms with van der Waals surface area (Å²) in [7, 11) is 0. The van der Waals surface area contributed by atoms with Crippen LogP contribution >= 0.6 is 11.6 Å².